The Hall–Kier alpha value is -4.61. The smallest absolute Gasteiger partial charge is 0.403 e. The van der Waals surface area contributed by atoms with Gasteiger partial charge < -0.3 is 15.9 Å². The highest BCUT2D eigenvalue weighted by Crippen LogP contribution is 2.31. The van der Waals surface area contributed by atoms with Crippen LogP contribution in [0.3, 0.4) is 0 Å². The highest BCUT2D eigenvalue weighted by atomic mass is 19.4. The third-order valence-corrected chi connectivity index (χ3v) is 5.87. The van der Waals surface area contributed by atoms with Crippen molar-refractivity contribution in [3.8, 4) is 22.8 Å². The number of hydrogen-bond donors (Lipinski definition) is 2. The lowest BCUT2D eigenvalue weighted by atomic mass is 9.99. The molecule has 0 aliphatic heterocycles. The van der Waals surface area contributed by atoms with E-state index in [4.69, 9.17) is 15.9 Å². The minimum Gasteiger partial charge on any atom is -0.467 e. The number of benzene rings is 2. The molecule has 0 fully saturated rings. The summed E-state index contributed by atoms with van der Waals surface area (Å²) in [6, 6.07) is 11.0. The van der Waals surface area contributed by atoms with E-state index in [1.165, 1.54) is 49.2 Å². The van der Waals surface area contributed by atoms with E-state index in [0.29, 0.717) is 16.5 Å². The molecular weight excluding hydrogens is 504 g/mol. The van der Waals surface area contributed by atoms with Crippen molar-refractivity contribution in [3.05, 3.63) is 82.8 Å². The van der Waals surface area contributed by atoms with Crippen LogP contribution in [0.2, 0.25) is 0 Å². The van der Waals surface area contributed by atoms with Crippen LogP contribution in [-0.2, 0) is 0 Å². The van der Waals surface area contributed by atoms with Crippen LogP contribution in [0.15, 0.2) is 70.7 Å². The third kappa shape index (κ3) is 5.10. The van der Waals surface area contributed by atoms with Gasteiger partial charge in [-0.3, -0.25) is 14.4 Å². The number of fused-ring (bicyclic) bond motifs is 1. The van der Waals surface area contributed by atoms with Crippen molar-refractivity contribution in [2.75, 3.05) is 7.11 Å². The summed E-state index contributed by atoms with van der Waals surface area (Å²) in [5.74, 6) is -3.84. The molecule has 196 valence electrons. The van der Waals surface area contributed by atoms with Gasteiger partial charge in [-0.15, -0.1) is 0 Å². The van der Waals surface area contributed by atoms with Gasteiger partial charge in [-0.25, -0.2) is 14.4 Å². The summed E-state index contributed by atoms with van der Waals surface area (Å²) in [5, 5.41) is 7.87. The summed E-state index contributed by atoms with van der Waals surface area (Å²) in [6.45, 7) is 1.46. The van der Waals surface area contributed by atoms with Crippen molar-refractivity contribution < 1.29 is 22.3 Å². The second-order valence-electron chi connectivity index (χ2n) is 8.33. The van der Waals surface area contributed by atoms with Gasteiger partial charge >= 0.3 is 12.2 Å². The number of alkyl halides is 3. The molecule has 8 nitrogen and oxygen atoms in total. The summed E-state index contributed by atoms with van der Waals surface area (Å²) >= 11 is 0. The Labute approximate surface area is 214 Å². The normalized spacial score (nSPS) is 13.8. The van der Waals surface area contributed by atoms with Crippen LogP contribution in [0.5, 0.6) is 6.01 Å². The first-order chi connectivity index (χ1) is 18.0. The van der Waals surface area contributed by atoms with Crippen LogP contribution in [0, 0.1) is 17.1 Å². The van der Waals surface area contributed by atoms with E-state index in [-0.39, 0.29) is 29.0 Å². The number of aliphatic imine (C=N–C) groups is 1. The molecule has 2 atom stereocenters. The standard InChI is InChI=1S/C26H22F4N6O2/c1-14(35-23(32)20(11-31)26(28,29)30)21-9-15-5-3-8-19(16-12-33-25(38-2)34-13-16)22(15)24(37)36(21)18-7-4-6-17(27)10-18/h3-14,20,31H,1-2H3,(H2,32,35). The molecule has 0 aliphatic rings. The van der Waals surface area contributed by atoms with E-state index in [1.54, 1.807) is 24.3 Å². The molecule has 2 aromatic heterocycles. The van der Waals surface area contributed by atoms with Crippen molar-refractivity contribution >= 4 is 22.8 Å². The van der Waals surface area contributed by atoms with E-state index in [2.05, 4.69) is 15.0 Å². The topological polar surface area (TPSA) is 119 Å². The highest BCUT2D eigenvalue weighted by molar-refractivity contribution is 5.97. The van der Waals surface area contributed by atoms with Crippen LogP contribution in [0.25, 0.3) is 27.6 Å². The summed E-state index contributed by atoms with van der Waals surface area (Å²) in [7, 11) is 1.42. The molecule has 0 amide bonds. The zero-order chi connectivity index (χ0) is 27.6. The number of nitrogens with one attached hydrogen (secondary N) is 1. The van der Waals surface area contributed by atoms with Gasteiger partial charge in [-0.05, 0) is 42.1 Å². The maximum Gasteiger partial charge on any atom is 0.403 e. The third-order valence-electron chi connectivity index (χ3n) is 5.87. The number of nitrogens with zero attached hydrogens (tertiary/aromatic N) is 4. The predicted molar refractivity (Wildman–Crippen MR) is 135 cm³/mol. The number of ether oxygens (including phenoxy) is 1. The molecule has 12 heteroatoms. The number of pyridine rings is 1. The first-order valence-corrected chi connectivity index (χ1v) is 11.3. The van der Waals surface area contributed by atoms with Crippen molar-refractivity contribution in [1.29, 1.82) is 5.41 Å². The SMILES string of the molecule is COc1ncc(-c2cccc3cc(C(C)N=C(N)C(C=N)C(F)(F)F)n(-c4cccc(F)c4)c(=O)c23)cn1. The fourth-order valence-electron chi connectivity index (χ4n) is 4.09. The van der Waals surface area contributed by atoms with Crippen LogP contribution in [-0.4, -0.2) is 39.9 Å². The molecule has 0 saturated heterocycles. The predicted octanol–water partition coefficient (Wildman–Crippen LogP) is 4.84. The number of halogens is 4. The molecule has 0 bridgehead atoms. The van der Waals surface area contributed by atoms with Crippen LogP contribution >= 0.6 is 0 Å². The molecule has 0 spiro atoms. The van der Waals surface area contributed by atoms with Gasteiger partial charge in [0.1, 0.15) is 17.6 Å². The van der Waals surface area contributed by atoms with Crippen molar-refractivity contribution in [1.82, 2.24) is 14.5 Å². The Balaban J connectivity index is 1.99. The number of hydrogen-bond acceptors (Lipinski definition) is 6. The zero-order valence-electron chi connectivity index (χ0n) is 20.2. The molecule has 0 aliphatic carbocycles. The van der Waals surface area contributed by atoms with E-state index in [1.807, 2.05) is 0 Å². The second-order valence-corrected chi connectivity index (χ2v) is 8.33. The molecule has 0 radical (unpaired) electrons. The Bertz CT molecular complexity index is 1580. The van der Waals surface area contributed by atoms with Gasteiger partial charge in [0.2, 0.25) is 0 Å². The lowest BCUT2D eigenvalue weighted by Crippen LogP contribution is -2.37. The van der Waals surface area contributed by atoms with Crippen molar-refractivity contribution in [2.24, 2.45) is 16.6 Å². The van der Waals surface area contributed by atoms with Gasteiger partial charge in [0.25, 0.3) is 5.56 Å². The number of nitrogens with two attached hydrogens (primary N) is 1. The van der Waals surface area contributed by atoms with E-state index in [0.717, 1.165) is 6.07 Å². The molecule has 0 saturated carbocycles. The zero-order valence-corrected chi connectivity index (χ0v) is 20.2. The first kappa shape index (κ1) is 26.5. The Kier molecular flexibility index (Phi) is 7.24. The Morgan fingerprint density at radius 1 is 1.16 bits per heavy atom. The molecule has 4 rings (SSSR count). The van der Waals surface area contributed by atoms with Crippen LogP contribution in [0.1, 0.15) is 18.7 Å². The van der Waals surface area contributed by atoms with Crippen molar-refractivity contribution in [3.63, 3.8) is 0 Å². The molecular formula is C26H22F4N6O2. The minimum atomic E-state index is -4.81. The van der Waals surface area contributed by atoms with E-state index < -0.39 is 35.3 Å². The first-order valence-electron chi connectivity index (χ1n) is 11.3. The van der Waals surface area contributed by atoms with Crippen LogP contribution in [0.4, 0.5) is 17.6 Å². The maximum absolute atomic E-state index is 14.2. The number of amidine groups is 1. The molecule has 4 aromatic rings. The molecule has 2 heterocycles. The van der Waals surface area contributed by atoms with Gasteiger partial charge in [-0.2, -0.15) is 13.2 Å². The fraction of sp³-hybridized carbons (Fsp3) is 0.192. The molecule has 2 aromatic carbocycles. The average molecular weight is 526 g/mol. The van der Waals surface area contributed by atoms with Gasteiger partial charge in [0.15, 0.2) is 0 Å². The monoisotopic (exact) mass is 526 g/mol. The summed E-state index contributed by atoms with van der Waals surface area (Å²) in [4.78, 5) is 26.2. The lowest BCUT2D eigenvalue weighted by molar-refractivity contribution is -0.138. The lowest BCUT2D eigenvalue weighted by Gasteiger charge is -2.21. The summed E-state index contributed by atoms with van der Waals surface area (Å²) in [6.07, 6.45) is -1.67. The number of rotatable bonds is 7. The fourth-order valence-corrected chi connectivity index (χ4v) is 4.09. The second kappa shape index (κ2) is 10.4. The Morgan fingerprint density at radius 3 is 2.45 bits per heavy atom. The number of methoxy groups -OCH3 is 1. The summed E-state index contributed by atoms with van der Waals surface area (Å²) < 4.78 is 60.3. The van der Waals surface area contributed by atoms with E-state index >= 15 is 0 Å². The highest BCUT2D eigenvalue weighted by Gasteiger charge is 2.41. The Morgan fingerprint density at radius 2 is 1.84 bits per heavy atom. The van der Waals surface area contributed by atoms with Crippen molar-refractivity contribution in [2.45, 2.75) is 19.1 Å². The number of aromatic nitrogens is 3. The van der Waals surface area contributed by atoms with Gasteiger partial charge in [0, 0.05) is 24.2 Å². The van der Waals surface area contributed by atoms with Gasteiger partial charge in [0.05, 0.1) is 29.9 Å². The molecule has 38 heavy (non-hydrogen) atoms. The molecule has 3 N–H and O–H groups in total. The maximum atomic E-state index is 14.2. The minimum absolute atomic E-state index is 0.139. The largest absolute Gasteiger partial charge is 0.467 e. The van der Waals surface area contributed by atoms with Gasteiger partial charge in [-0.1, -0.05) is 24.3 Å². The molecule has 2 unspecified atom stereocenters. The quantitative estimate of drug-likeness (QED) is 0.203. The van der Waals surface area contributed by atoms with E-state index in [9.17, 15) is 22.4 Å². The van der Waals surface area contributed by atoms with Crippen LogP contribution < -0.4 is 16.0 Å². The summed E-state index contributed by atoms with van der Waals surface area (Å²) in [5.41, 5.74) is 6.41. The average Bonchev–Trinajstić information content (AvgIpc) is 2.87.